The van der Waals surface area contributed by atoms with Crippen LogP contribution >= 0.6 is 24.0 Å². The summed E-state index contributed by atoms with van der Waals surface area (Å²) in [5, 5.41) is 7.19. The second-order valence-corrected chi connectivity index (χ2v) is 5.50. The lowest BCUT2D eigenvalue weighted by Gasteiger charge is -2.23. The first-order chi connectivity index (χ1) is 9.31. The molecule has 0 spiro atoms. The van der Waals surface area contributed by atoms with Gasteiger partial charge < -0.3 is 15.6 Å². The summed E-state index contributed by atoms with van der Waals surface area (Å²) < 4.78 is 5.18. The normalized spacial score (nSPS) is 20.5. The van der Waals surface area contributed by atoms with Gasteiger partial charge in [-0.25, -0.2) is 4.99 Å². The minimum Gasteiger partial charge on any atom is -0.370 e. The van der Waals surface area contributed by atoms with Gasteiger partial charge in [-0.3, -0.25) is 0 Å². The van der Waals surface area contributed by atoms with Crippen LogP contribution in [0.4, 0.5) is 0 Å². The highest BCUT2D eigenvalue weighted by Crippen LogP contribution is 2.38. The van der Waals surface area contributed by atoms with E-state index in [-0.39, 0.29) is 24.0 Å². The maximum atomic E-state index is 5.88. The van der Waals surface area contributed by atoms with Crippen molar-refractivity contribution in [1.29, 1.82) is 0 Å². The molecular weight excluding hydrogens is 369 g/mol. The molecule has 1 aromatic heterocycles. The molecule has 3 rings (SSSR count). The maximum Gasteiger partial charge on any atom is 0.229 e. The van der Waals surface area contributed by atoms with Gasteiger partial charge >= 0.3 is 0 Å². The van der Waals surface area contributed by atoms with Gasteiger partial charge in [0.05, 0.1) is 0 Å². The third kappa shape index (κ3) is 4.32. The SMILES string of the molecule is I.NC(=NCc1noc(C2CC2)n1)NC1CCCCC1. The molecule has 112 valence electrons. The lowest BCUT2D eigenvalue weighted by molar-refractivity contribution is 0.374. The number of halogens is 1. The van der Waals surface area contributed by atoms with E-state index in [1.807, 2.05) is 0 Å². The number of rotatable bonds is 4. The van der Waals surface area contributed by atoms with Gasteiger partial charge in [0.1, 0.15) is 6.54 Å². The Morgan fingerprint density at radius 3 is 2.70 bits per heavy atom. The van der Waals surface area contributed by atoms with Gasteiger partial charge in [0.15, 0.2) is 11.8 Å². The van der Waals surface area contributed by atoms with E-state index < -0.39 is 0 Å². The van der Waals surface area contributed by atoms with Crippen LogP contribution in [-0.4, -0.2) is 22.1 Å². The van der Waals surface area contributed by atoms with E-state index in [1.165, 1.54) is 32.1 Å². The predicted molar refractivity (Wildman–Crippen MR) is 87.0 cm³/mol. The summed E-state index contributed by atoms with van der Waals surface area (Å²) in [7, 11) is 0. The molecule has 0 saturated heterocycles. The largest absolute Gasteiger partial charge is 0.370 e. The molecule has 2 aliphatic rings. The van der Waals surface area contributed by atoms with Gasteiger partial charge in [0, 0.05) is 12.0 Å². The number of hydrogen-bond donors (Lipinski definition) is 2. The van der Waals surface area contributed by atoms with Crippen LogP contribution in [-0.2, 0) is 6.54 Å². The third-order valence-electron chi connectivity index (χ3n) is 3.76. The molecule has 0 aromatic carbocycles. The van der Waals surface area contributed by atoms with Crippen molar-refractivity contribution in [3.05, 3.63) is 11.7 Å². The van der Waals surface area contributed by atoms with Crippen molar-refractivity contribution in [2.24, 2.45) is 10.7 Å². The van der Waals surface area contributed by atoms with Gasteiger partial charge in [-0.1, -0.05) is 24.4 Å². The molecule has 7 heteroatoms. The maximum absolute atomic E-state index is 5.88. The van der Waals surface area contributed by atoms with Crippen LogP contribution in [0.25, 0.3) is 0 Å². The Morgan fingerprint density at radius 1 is 1.25 bits per heavy atom. The molecule has 0 unspecified atom stereocenters. The van der Waals surface area contributed by atoms with Crippen molar-refractivity contribution < 1.29 is 4.52 Å². The average molecular weight is 391 g/mol. The summed E-state index contributed by atoms with van der Waals surface area (Å²) >= 11 is 0. The second kappa shape index (κ2) is 7.24. The molecule has 3 N–H and O–H groups in total. The van der Waals surface area contributed by atoms with E-state index in [9.17, 15) is 0 Å². The minimum absolute atomic E-state index is 0. The second-order valence-electron chi connectivity index (χ2n) is 5.50. The van der Waals surface area contributed by atoms with E-state index in [1.54, 1.807) is 0 Å². The molecule has 2 saturated carbocycles. The molecule has 0 amide bonds. The van der Waals surface area contributed by atoms with Crippen molar-refractivity contribution in [1.82, 2.24) is 15.5 Å². The Hall–Kier alpha value is -0.860. The number of nitrogens with two attached hydrogens (primary N) is 1. The first-order valence-corrected chi connectivity index (χ1v) is 7.20. The summed E-state index contributed by atoms with van der Waals surface area (Å²) in [4.78, 5) is 8.60. The van der Waals surface area contributed by atoms with Crippen LogP contribution in [0, 0.1) is 0 Å². The number of nitrogens with one attached hydrogen (secondary N) is 1. The smallest absolute Gasteiger partial charge is 0.229 e. The van der Waals surface area contributed by atoms with Crippen LogP contribution in [0.15, 0.2) is 9.52 Å². The molecule has 20 heavy (non-hydrogen) atoms. The Balaban J connectivity index is 0.00000147. The van der Waals surface area contributed by atoms with Crippen molar-refractivity contribution in [3.63, 3.8) is 0 Å². The molecule has 2 aliphatic carbocycles. The highest BCUT2D eigenvalue weighted by molar-refractivity contribution is 14.0. The average Bonchev–Trinajstić information content (AvgIpc) is 3.17. The van der Waals surface area contributed by atoms with Crippen LogP contribution in [0.2, 0.25) is 0 Å². The molecule has 1 heterocycles. The zero-order valence-electron chi connectivity index (χ0n) is 11.5. The Kier molecular flexibility index (Phi) is 5.62. The number of hydrogen-bond acceptors (Lipinski definition) is 4. The van der Waals surface area contributed by atoms with Gasteiger partial charge in [0.2, 0.25) is 5.89 Å². The minimum atomic E-state index is 0. The standard InChI is InChI=1S/C13H21N5O.HI/c14-13(16-10-4-2-1-3-5-10)15-8-11-17-12(19-18-11)9-6-7-9;/h9-10H,1-8H2,(H3,14,15,16);1H. The van der Waals surface area contributed by atoms with E-state index in [4.69, 9.17) is 10.3 Å². The highest BCUT2D eigenvalue weighted by Gasteiger charge is 2.29. The van der Waals surface area contributed by atoms with Gasteiger partial charge in [-0.05, 0) is 25.7 Å². The molecule has 6 nitrogen and oxygen atoms in total. The molecule has 1 aromatic rings. The third-order valence-corrected chi connectivity index (χ3v) is 3.76. The number of aliphatic imine (C=N–C) groups is 1. The van der Waals surface area contributed by atoms with Crippen LogP contribution in [0.1, 0.15) is 62.6 Å². The zero-order valence-corrected chi connectivity index (χ0v) is 13.9. The number of guanidine groups is 1. The van der Waals surface area contributed by atoms with Gasteiger partial charge in [0.25, 0.3) is 0 Å². The topological polar surface area (TPSA) is 89.3 Å². The summed E-state index contributed by atoms with van der Waals surface area (Å²) in [5.41, 5.74) is 5.88. The van der Waals surface area contributed by atoms with Crippen LogP contribution < -0.4 is 11.1 Å². The number of aromatic nitrogens is 2. The van der Waals surface area contributed by atoms with Crippen molar-refractivity contribution in [2.75, 3.05) is 0 Å². The Labute approximate surface area is 136 Å². The molecule has 2 fully saturated rings. The first kappa shape index (κ1) is 15.5. The molecule has 0 atom stereocenters. The number of nitrogens with zero attached hydrogens (tertiary/aromatic N) is 3. The lowest BCUT2D eigenvalue weighted by Crippen LogP contribution is -2.41. The molecule has 0 aliphatic heterocycles. The molecule has 0 bridgehead atoms. The van der Waals surface area contributed by atoms with E-state index in [2.05, 4.69) is 20.4 Å². The van der Waals surface area contributed by atoms with Crippen molar-refractivity contribution in [2.45, 2.75) is 63.5 Å². The fourth-order valence-electron chi connectivity index (χ4n) is 2.49. The fraction of sp³-hybridized carbons (Fsp3) is 0.769. The van der Waals surface area contributed by atoms with Gasteiger partial charge in [-0.2, -0.15) is 4.98 Å². The van der Waals surface area contributed by atoms with Crippen LogP contribution in [0.5, 0.6) is 0 Å². The Morgan fingerprint density at radius 2 is 2.00 bits per heavy atom. The monoisotopic (exact) mass is 391 g/mol. The molecular formula is C13H22IN5O. The summed E-state index contributed by atoms with van der Waals surface area (Å²) in [6.07, 6.45) is 8.59. The van der Waals surface area contributed by atoms with E-state index >= 15 is 0 Å². The lowest BCUT2D eigenvalue weighted by atomic mass is 9.96. The molecule has 0 radical (unpaired) electrons. The van der Waals surface area contributed by atoms with E-state index in [0.29, 0.717) is 30.3 Å². The van der Waals surface area contributed by atoms with Crippen molar-refractivity contribution >= 4 is 29.9 Å². The zero-order chi connectivity index (χ0) is 13.1. The van der Waals surface area contributed by atoms with Gasteiger partial charge in [-0.15, -0.1) is 24.0 Å². The predicted octanol–water partition coefficient (Wildman–Crippen LogP) is 2.30. The fourth-order valence-corrected chi connectivity index (χ4v) is 2.49. The first-order valence-electron chi connectivity index (χ1n) is 7.20. The summed E-state index contributed by atoms with van der Waals surface area (Å²) in [6.45, 7) is 0.391. The quantitative estimate of drug-likeness (QED) is 0.467. The summed E-state index contributed by atoms with van der Waals surface area (Å²) in [5.74, 6) is 2.35. The van der Waals surface area contributed by atoms with Crippen LogP contribution in [0.3, 0.4) is 0 Å². The van der Waals surface area contributed by atoms with Crippen molar-refractivity contribution in [3.8, 4) is 0 Å². The highest BCUT2D eigenvalue weighted by atomic mass is 127. The summed E-state index contributed by atoms with van der Waals surface area (Å²) in [6, 6.07) is 0.477. The van der Waals surface area contributed by atoms with E-state index in [0.717, 1.165) is 18.7 Å². The Bertz CT molecular complexity index is 451.